The SMILES string of the molecule is O=C(CN1C(=O)CSc2ccccc21)NC(Cc1ccccc1)C(=O)N1CCCC1. The zero-order valence-corrected chi connectivity index (χ0v) is 17.6. The first-order chi connectivity index (χ1) is 14.6. The molecule has 2 aromatic rings. The topological polar surface area (TPSA) is 69.7 Å². The fourth-order valence-electron chi connectivity index (χ4n) is 3.92. The number of nitrogens with one attached hydrogen (secondary N) is 1. The molecule has 0 saturated carbocycles. The van der Waals surface area contributed by atoms with Gasteiger partial charge in [-0.1, -0.05) is 42.5 Å². The van der Waals surface area contributed by atoms with Crippen molar-refractivity contribution in [1.29, 1.82) is 0 Å². The van der Waals surface area contributed by atoms with E-state index < -0.39 is 6.04 Å². The number of likely N-dealkylation sites (tertiary alicyclic amines) is 1. The second-order valence-corrected chi connectivity index (χ2v) is 8.60. The Bertz CT molecular complexity index is 928. The predicted octanol–water partition coefficient (Wildman–Crippen LogP) is 2.48. The van der Waals surface area contributed by atoms with Crippen LogP contribution in [0, 0.1) is 0 Å². The Balaban J connectivity index is 1.48. The second-order valence-electron chi connectivity index (χ2n) is 7.58. The van der Waals surface area contributed by atoms with Crippen LogP contribution in [-0.4, -0.2) is 54.1 Å². The molecule has 7 heteroatoms. The van der Waals surface area contributed by atoms with Crippen LogP contribution in [0.5, 0.6) is 0 Å². The van der Waals surface area contributed by atoms with Gasteiger partial charge in [-0.15, -0.1) is 11.8 Å². The number of hydrogen-bond donors (Lipinski definition) is 1. The highest BCUT2D eigenvalue weighted by molar-refractivity contribution is 8.00. The summed E-state index contributed by atoms with van der Waals surface area (Å²) in [4.78, 5) is 42.8. The van der Waals surface area contributed by atoms with E-state index in [2.05, 4.69) is 5.32 Å². The molecule has 0 aromatic heterocycles. The smallest absolute Gasteiger partial charge is 0.245 e. The van der Waals surface area contributed by atoms with Gasteiger partial charge in [0.15, 0.2) is 0 Å². The Labute approximate surface area is 180 Å². The largest absolute Gasteiger partial charge is 0.342 e. The monoisotopic (exact) mass is 423 g/mol. The van der Waals surface area contributed by atoms with Crippen LogP contribution >= 0.6 is 11.8 Å². The Morgan fingerprint density at radius 2 is 1.70 bits per heavy atom. The molecule has 2 aliphatic rings. The zero-order valence-electron chi connectivity index (χ0n) is 16.8. The van der Waals surface area contributed by atoms with Crippen molar-refractivity contribution in [2.24, 2.45) is 0 Å². The first-order valence-electron chi connectivity index (χ1n) is 10.3. The third-order valence-electron chi connectivity index (χ3n) is 5.44. The average Bonchev–Trinajstić information content (AvgIpc) is 3.30. The fourth-order valence-corrected chi connectivity index (χ4v) is 4.85. The van der Waals surface area contributed by atoms with Crippen molar-refractivity contribution in [1.82, 2.24) is 10.2 Å². The lowest BCUT2D eigenvalue weighted by Gasteiger charge is -2.29. The number of nitrogens with zero attached hydrogens (tertiary/aromatic N) is 2. The van der Waals surface area contributed by atoms with Gasteiger partial charge in [0.2, 0.25) is 17.7 Å². The van der Waals surface area contributed by atoms with Crippen molar-refractivity contribution in [2.45, 2.75) is 30.2 Å². The molecular formula is C23H25N3O3S. The molecule has 2 aliphatic heterocycles. The number of carbonyl (C=O) groups is 3. The number of anilines is 1. The number of benzene rings is 2. The third kappa shape index (κ3) is 4.67. The van der Waals surface area contributed by atoms with Crippen molar-refractivity contribution in [3.63, 3.8) is 0 Å². The average molecular weight is 424 g/mol. The van der Waals surface area contributed by atoms with Gasteiger partial charge in [-0.3, -0.25) is 14.4 Å². The highest BCUT2D eigenvalue weighted by atomic mass is 32.2. The Morgan fingerprint density at radius 1 is 1.00 bits per heavy atom. The van der Waals surface area contributed by atoms with E-state index in [4.69, 9.17) is 0 Å². The number of amides is 3. The third-order valence-corrected chi connectivity index (χ3v) is 6.49. The summed E-state index contributed by atoms with van der Waals surface area (Å²) in [5.74, 6) is -0.159. The number of fused-ring (bicyclic) bond motifs is 1. The summed E-state index contributed by atoms with van der Waals surface area (Å²) in [7, 11) is 0. The lowest BCUT2D eigenvalue weighted by atomic mass is 10.0. The number of carbonyl (C=O) groups excluding carboxylic acids is 3. The van der Waals surface area contributed by atoms with E-state index in [9.17, 15) is 14.4 Å². The van der Waals surface area contributed by atoms with Gasteiger partial charge < -0.3 is 15.1 Å². The molecule has 0 spiro atoms. The van der Waals surface area contributed by atoms with Crippen LogP contribution in [0.15, 0.2) is 59.5 Å². The Kier molecular flexibility index (Phi) is 6.38. The molecular weight excluding hydrogens is 398 g/mol. The minimum absolute atomic E-state index is 0.0503. The van der Waals surface area contributed by atoms with Gasteiger partial charge >= 0.3 is 0 Å². The van der Waals surface area contributed by atoms with Crippen LogP contribution in [0.25, 0.3) is 0 Å². The van der Waals surface area contributed by atoms with Gasteiger partial charge in [-0.05, 0) is 30.5 Å². The zero-order chi connectivity index (χ0) is 20.9. The van der Waals surface area contributed by atoms with Crippen molar-refractivity contribution >= 4 is 35.2 Å². The quantitative estimate of drug-likeness (QED) is 0.775. The van der Waals surface area contributed by atoms with Crippen LogP contribution in [0.4, 0.5) is 5.69 Å². The summed E-state index contributed by atoms with van der Waals surface area (Å²) < 4.78 is 0. The summed E-state index contributed by atoms with van der Waals surface area (Å²) in [6.07, 6.45) is 2.42. The molecule has 0 radical (unpaired) electrons. The maximum Gasteiger partial charge on any atom is 0.245 e. The molecule has 0 aliphatic carbocycles. The van der Waals surface area contributed by atoms with Gasteiger partial charge in [0, 0.05) is 24.4 Å². The molecule has 2 aromatic carbocycles. The van der Waals surface area contributed by atoms with Crippen molar-refractivity contribution in [3.8, 4) is 0 Å². The van der Waals surface area contributed by atoms with E-state index in [1.165, 1.54) is 16.7 Å². The maximum atomic E-state index is 13.1. The second kappa shape index (κ2) is 9.34. The Morgan fingerprint density at radius 3 is 2.47 bits per heavy atom. The highest BCUT2D eigenvalue weighted by Crippen LogP contribution is 2.34. The van der Waals surface area contributed by atoms with Crippen molar-refractivity contribution in [2.75, 3.05) is 30.3 Å². The lowest BCUT2D eigenvalue weighted by molar-refractivity contribution is -0.135. The first kappa shape index (κ1) is 20.5. The summed E-state index contributed by atoms with van der Waals surface area (Å²) >= 11 is 1.48. The normalized spacial score (nSPS) is 16.9. The van der Waals surface area contributed by atoms with E-state index in [0.717, 1.165) is 42.1 Å². The lowest BCUT2D eigenvalue weighted by Crippen LogP contribution is -2.52. The van der Waals surface area contributed by atoms with E-state index in [0.29, 0.717) is 12.2 Å². The van der Waals surface area contributed by atoms with E-state index >= 15 is 0 Å². The standard InChI is InChI=1S/C23H25N3O3S/c27-21(15-26-19-10-4-5-11-20(19)30-16-22(26)28)24-18(14-17-8-2-1-3-9-17)23(29)25-12-6-7-13-25/h1-5,8-11,18H,6-7,12-16H2,(H,24,27). The number of hydrogen-bond acceptors (Lipinski definition) is 4. The first-order valence-corrected chi connectivity index (χ1v) is 11.2. The molecule has 6 nitrogen and oxygen atoms in total. The number of para-hydroxylation sites is 1. The fraction of sp³-hybridized carbons (Fsp3) is 0.348. The highest BCUT2D eigenvalue weighted by Gasteiger charge is 2.30. The van der Waals surface area contributed by atoms with E-state index in [1.807, 2.05) is 59.5 Å². The molecule has 1 saturated heterocycles. The van der Waals surface area contributed by atoms with Crippen molar-refractivity contribution < 1.29 is 14.4 Å². The van der Waals surface area contributed by atoms with Gasteiger partial charge in [-0.25, -0.2) is 0 Å². The number of thioether (sulfide) groups is 1. The molecule has 3 amide bonds. The number of rotatable bonds is 6. The molecule has 30 heavy (non-hydrogen) atoms. The molecule has 1 fully saturated rings. The van der Waals surface area contributed by atoms with Crippen LogP contribution in [0.1, 0.15) is 18.4 Å². The van der Waals surface area contributed by atoms with Gasteiger partial charge in [0.25, 0.3) is 0 Å². The molecule has 2 heterocycles. The van der Waals surface area contributed by atoms with Gasteiger partial charge in [-0.2, -0.15) is 0 Å². The molecule has 4 rings (SSSR count). The minimum Gasteiger partial charge on any atom is -0.342 e. The predicted molar refractivity (Wildman–Crippen MR) is 117 cm³/mol. The summed E-state index contributed by atoms with van der Waals surface area (Å²) in [6, 6.07) is 16.6. The van der Waals surface area contributed by atoms with Crippen molar-refractivity contribution in [3.05, 3.63) is 60.2 Å². The van der Waals surface area contributed by atoms with Crippen LogP contribution in [-0.2, 0) is 20.8 Å². The summed E-state index contributed by atoms with van der Waals surface area (Å²) in [5.41, 5.74) is 1.74. The molecule has 1 atom stereocenters. The molecule has 1 N–H and O–H groups in total. The van der Waals surface area contributed by atoms with Crippen LogP contribution in [0.2, 0.25) is 0 Å². The van der Waals surface area contributed by atoms with Crippen LogP contribution in [0.3, 0.4) is 0 Å². The Hall–Kier alpha value is -2.80. The van der Waals surface area contributed by atoms with Crippen LogP contribution < -0.4 is 10.2 Å². The summed E-state index contributed by atoms with van der Waals surface area (Å²) in [6.45, 7) is 1.37. The van der Waals surface area contributed by atoms with Gasteiger partial charge in [0.05, 0.1) is 11.4 Å². The van der Waals surface area contributed by atoms with E-state index in [-0.39, 0.29) is 24.3 Å². The molecule has 156 valence electrons. The maximum absolute atomic E-state index is 13.1. The van der Waals surface area contributed by atoms with Gasteiger partial charge in [0.1, 0.15) is 12.6 Å². The van der Waals surface area contributed by atoms with E-state index in [1.54, 1.807) is 0 Å². The minimum atomic E-state index is -0.637. The molecule has 1 unspecified atom stereocenters. The summed E-state index contributed by atoms with van der Waals surface area (Å²) in [5, 5.41) is 2.91. The molecule has 0 bridgehead atoms.